The first-order valence-corrected chi connectivity index (χ1v) is 9.08. The fourth-order valence-electron chi connectivity index (χ4n) is 3.73. The maximum absolute atomic E-state index is 5.43. The molecule has 0 amide bonds. The summed E-state index contributed by atoms with van der Waals surface area (Å²) in [7, 11) is 0. The summed E-state index contributed by atoms with van der Waals surface area (Å²) in [5, 5.41) is 5.37. The molecule has 0 spiro atoms. The standard InChI is InChI=1S/C19H21N5O/c1-12-3-2-4-15-16(12)20-11-21-18(15)24-9-7-13(8-10-24)17-22-19(25-23-17)14-5-6-14/h2-4,11,13-14H,5-10H2,1H3. The van der Waals surface area contributed by atoms with Gasteiger partial charge < -0.3 is 9.42 Å². The molecule has 0 bridgehead atoms. The second kappa shape index (κ2) is 5.79. The van der Waals surface area contributed by atoms with Gasteiger partial charge in [0.15, 0.2) is 5.82 Å². The molecule has 0 N–H and O–H groups in total. The topological polar surface area (TPSA) is 67.9 Å². The summed E-state index contributed by atoms with van der Waals surface area (Å²) in [6.07, 6.45) is 6.13. The number of para-hydroxylation sites is 1. The number of fused-ring (bicyclic) bond motifs is 1. The van der Waals surface area contributed by atoms with Crippen LogP contribution < -0.4 is 4.90 Å². The van der Waals surface area contributed by atoms with Crippen molar-refractivity contribution in [3.05, 3.63) is 41.8 Å². The summed E-state index contributed by atoms with van der Waals surface area (Å²) in [5.41, 5.74) is 2.23. The second-order valence-corrected chi connectivity index (χ2v) is 7.19. The van der Waals surface area contributed by atoms with Crippen LogP contribution in [0.1, 0.15) is 54.8 Å². The van der Waals surface area contributed by atoms with Crippen LogP contribution in [-0.4, -0.2) is 33.2 Å². The van der Waals surface area contributed by atoms with Gasteiger partial charge in [-0.15, -0.1) is 0 Å². The first-order valence-electron chi connectivity index (χ1n) is 9.08. The maximum Gasteiger partial charge on any atom is 0.229 e. The number of aromatic nitrogens is 4. The van der Waals surface area contributed by atoms with Crippen molar-refractivity contribution < 1.29 is 4.52 Å². The Balaban J connectivity index is 1.35. The van der Waals surface area contributed by atoms with Crippen LogP contribution in [0.3, 0.4) is 0 Å². The molecular formula is C19H21N5O. The largest absolute Gasteiger partial charge is 0.356 e. The van der Waals surface area contributed by atoms with Gasteiger partial charge in [-0.1, -0.05) is 17.3 Å². The molecule has 2 aliphatic rings. The Hall–Kier alpha value is -2.50. The molecule has 128 valence electrons. The number of hydrogen-bond acceptors (Lipinski definition) is 6. The fraction of sp³-hybridized carbons (Fsp3) is 0.474. The molecule has 6 heteroatoms. The SMILES string of the molecule is Cc1cccc2c(N3CCC(c4noc(C5CC5)n4)CC3)ncnc12. The van der Waals surface area contributed by atoms with Crippen LogP contribution in [0.15, 0.2) is 29.0 Å². The van der Waals surface area contributed by atoms with Gasteiger partial charge in [0.1, 0.15) is 12.1 Å². The third-order valence-corrected chi connectivity index (χ3v) is 5.39. The van der Waals surface area contributed by atoms with Gasteiger partial charge in [0.05, 0.1) is 5.52 Å². The molecule has 3 aromatic rings. The molecule has 1 aromatic carbocycles. The van der Waals surface area contributed by atoms with Crippen molar-refractivity contribution in [2.24, 2.45) is 0 Å². The van der Waals surface area contributed by atoms with Gasteiger partial charge in [-0.2, -0.15) is 4.98 Å². The average molecular weight is 335 g/mol. The third kappa shape index (κ3) is 2.65. The van der Waals surface area contributed by atoms with Gasteiger partial charge >= 0.3 is 0 Å². The molecule has 25 heavy (non-hydrogen) atoms. The van der Waals surface area contributed by atoms with Crippen molar-refractivity contribution in [3.8, 4) is 0 Å². The van der Waals surface area contributed by atoms with Gasteiger partial charge in [0.2, 0.25) is 5.89 Å². The number of rotatable bonds is 3. The normalized spacial score (nSPS) is 18.8. The Morgan fingerprint density at radius 3 is 2.68 bits per heavy atom. The summed E-state index contributed by atoms with van der Waals surface area (Å²) in [4.78, 5) is 16.0. The van der Waals surface area contributed by atoms with Gasteiger partial charge in [-0.05, 0) is 44.2 Å². The minimum Gasteiger partial charge on any atom is -0.356 e. The summed E-state index contributed by atoms with van der Waals surface area (Å²) < 4.78 is 5.43. The zero-order valence-electron chi connectivity index (χ0n) is 14.4. The summed E-state index contributed by atoms with van der Waals surface area (Å²) in [5.74, 6) is 3.69. The van der Waals surface area contributed by atoms with Crippen LogP contribution in [-0.2, 0) is 0 Å². The van der Waals surface area contributed by atoms with E-state index in [1.165, 1.54) is 18.4 Å². The van der Waals surface area contributed by atoms with Crippen molar-refractivity contribution in [2.75, 3.05) is 18.0 Å². The number of hydrogen-bond donors (Lipinski definition) is 0. The van der Waals surface area contributed by atoms with E-state index >= 15 is 0 Å². The van der Waals surface area contributed by atoms with Crippen LogP contribution in [0.25, 0.3) is 10.9 Å². The van der Waals surface area contributed by atoms with Gasteiger partial charge in [0.25, 0.3) is 0 Å². The molecule has 5 rings (SSSR count). The van der Waals surface area contributed by atoms with E-state index < -0.39 is 0 Å². The van der Waals surface area contributed by atoms with Crippen LogP contribution in [0.5, 0.6) is 0 Å². The monoisotopic (exact) mass is 335 g/mol. The maximum atomic E-state index is 5.43. The Morgan fingerprint density at radius 2 is 1.88 bits per heavy atom. The highest BCUT2D eigenvalue weighted by molar-refractivity contribution is 5.91. The quantitative estimate of drug-likeness (QED) is 0.729. The summed E-state index contributed by atoms with van der Waals surface area (Å²) in [6.45, 7) is 4.01. The highest BCUT2D eigenvalue weighted by atomic mass is 16.5. The van der Waals surface area contributed by atoms with E-state index in [0.29, 0.717) is 11.8 Å². The van der Waals surface area contributed by atoms with Crippen molar-refractivity contribution in [1.82, 2.24) is 20.1 Å². The molecule has 2 fully saturated rings. The molecule has 3 heterocycles. The molecule has 1 saturated heterocycles. The Bertz CT molecular complexity index is 909. The van der Waals surface area contributed by atoms with E-state index in [2.05, 4.69) is 50.1 Å². The Kier molecular flexibility index (Phi) is 3.43. The van der Waals surface area contributed by atoms with Gasteiger partial charge in [-0.3, -0.25) is 0 Å². The molecule has 2 aromatic heterocycles. The Labute approximate surface area is 146 Å². The predicted octanol–water partition coefficient (Wildman–Crippen LogP) is 3.58. The third-order valence-electron chi connectivity index (χ3n) is 5.39. The van der Waals surface area contributed by atoms with E-state index in [9.17, 15) is 0 Å². The lowest BCUT2D eigenvalue weighted by atomic mass is 9.96. The predicted molar refractivity (Wildman–Crippen MR) is 94.7 cm³/mol. The number of benzene rings is 1. The van der Waals surface area contributed by atoms with Crippen LogP contribution in [0, 0.1) is 6.92 Å². The number of nitrogens with zero attached hydrogens (tertiary/aromatic N) is 5. The molecule has 0 unspecified atom stereocenters. The first kappa shape index (κ1) is 14.8. The highest BCUT2D eigenvalue weighted by Gasteiger charge is 2.32. The zero-order chi connectivity index (χ0) is 16.8. The van der Waals surface area contributed by atoms with E-state index in [0.717, 1.165) is 54.4 Å². The van der Waals surface area contributed by atoms with Crippen molar-refractivity contribution in [2.45, 2.75) is 44.4 Å². The fourth-order valence-corrected chi connectivity index (χ4v) is 3.73. The zero-order valence-corrected chi connectivity index (χ0v) is 14.4. The van der Waals surface area contributed by atoms with Crippen molar-refractivity contribution in [3.63, 3.8) is 0 Å². The lowest BCUT2D eigenvalue weighted by Crippen LogP contribution is -2.34. The van der Waals surface area contributed by atoms with E-state index in [-0.39, 0.29) is 0 Å². The Morgan fingerprint density at radius 1 is 1.04 bits per heavy atom. The van der Waals surface area contributed by atoms with Crippen LogP contribution in [0.2, 0.25) is 0 Å². The lowest BCUT2D eigenvalue weighted by molar-refractivity contribution is 0.365. The molecule has 6 nitrogen and oxygen atoms in total. The van der Waals surface area contributed by atoms with E-state index in [1.54, 1.807) is 6.33 Å². The molecular weight excluding hydrogens is 314 g/mol. The van der Waals surface area contributed by atoms with Crippen LogP contribution >= 0.6 is 0 Å². The molecule has 1 aliphatic carbocycles. The van der Waals surface area contributed by atoms with Gasteiger partial charge in [0, 0.05) is 30.3 Å². The molecule has 0 atom stereocenters. The van der Waals surface area contributed by atoms with Crippen LogP contribution in [0.4, 0.5) is 5.82 Å². The first-order chi connectivity index (χ1) is 12.3. The van der Waals surface area contributed by atoms with Crippen molar-refractivity contribution in [1.29, 1.82) is 0 Å². The summed E-state index contributed by atoms with van der Waals surface area (Å²) >= 11 is 0. The van der Waals surface area contributed by atoms with E-state index in [4.69, 9.17) is 4.52 Å². The average Bonchev–Trinajstić information content (AvgIpc) is 3.39. The van der Waals surface area contributed by atoms with E-state index in [1.807, 2.05) is 0 Å². The van der Waals surface area contributed by atoms with Gasteiger partial charge in [-0.25, -0.2) is 9.97 Å². The molecule has 1 aliphatic heterocycles. The molecule has 1 saturated carbocycles. The van der Waals surface area contributed by atoms with Crippen molar-refractivity contribution >= 4 is 16.7 Å². The lowest BCUT2D eigenvalue weighted by Gasteiger charge is -2.32. The number of anilines is 1. The number of piperidine rings is 1. The number of aryl methyl sites for hydroxylation is 1. The second-order valence-electron chi connectivity index (χ2n) is 7.19. The highest BCUT2D eigenvalue weighted by Crippen LogP contribution is 2.40. The molecule has 0 radical (unpaired) electrons. The summed E-state index contributed by atoms with van der Waals surface area (Å²) in [6, 6.07) is 6.29. The minimum absolute atomic E-state index is 0.391. The smallest absolute Gasteiger partial charge is 0.229 e. The minimum atomic E-state index is 0.391.